The second-order valence-electron chi connectivity index (χ2n) is 6.41. The molecule has 28 heavy (non-hydrogen) atoms. The lowest BCUT2D eigenvalue weighted by atomic mass is 10.2. The molecule has 1 aliphatic rings. The quantitative estimate of drug-likeness (QED) is 0.680. The van der Waals surface area contributed by atoms with Gasteiger partial charge in [0.15, 0.2) is 0 Å². The van der Waals surface area contributed by atoms with Gasteiger partial charge in [0.1, 0.15) is 5.82 Å². The van der Waals surface area contributed by atoms with E-state index < -0.39 is 32.5 Å². The summed E-state index contributed by atoms with van der Waals surface area (Å²) in [5, 5.41) is 0.272. The fourth-order valence-electron chi connectivity index (χ4n) is 3.08. The number of hydrogen-bond acceptors (Lipinski definition) is 3. The van der Waals surface area contributed by atoms with Gasteiger partial charge in [0.2, 0.25) is 10.0 Å². The molecular weight excluding hydrogens is 420 g/mol. The molecule has 1 saturated heterocycles. The van der Waals surface area contributed by atoms with E-state index in [2.05, 4.69) is 0 Å². The molecule has 0 unspecified atom stereocenters. The SMILES string of the molecule is O=S(=O)(c1ccccc1C(F)(F)F)N1CCN(Cc2ccc(F)cc2Cl)CC1. The van der Waals surface area contributed by atoms with Crippen LogP contribution in [0.3, 0.4) is 0 Å². The van der Waals surface area contributed by atoms with Gasteiger partial charge in [0.05, 0.1) is 10.5 Å². The van der Waals surface area contributed by atoms with E-state index in [9.17, 15) is 26.0 Å². The Balaban J connectivity index is 1.73. The molecule has 0 spiro atoms. The van der Waals surface area contributed by atoms with Crippen molar-refractivity contribution in [2.75, 3.05) is 26.2 Å². The predicted molar refractivity (Wildman–Crippen MR) is 96.9 cm³/mol. The molecule has 1 heterocycles. The van der Waals surface area contributed by atoms with E-state index >= 15 is 0 Å². The molecule has 3 rings (SSSR count). The average molecular weight is 437 g/mol. The van der Waals surface area contributed by atoms with Crippen molar-refractivity contribution in [2.24, 2.45) is 0 Å². The first-order chi connectivity index (χ1) is 13.1. The van der Waals surface area contributed by atoms with Gasteiger partial charge in [-0.3, -0.25) is 4.90 Å². The molecular formula is C18H17ClF4N2O2S. The Labute approximate surface area is 165 Å². The first-order valence-electron chi connectivity index (χ1n) is 8.42. The van der Waals surface area contributed by atoms with Crippen LogP contribution in [0.25, 0.3) is 0 Å². The fraction of sp³-hybridized carbons (Fsp3) is 0.333. The molecule has 0 bridgehead atoms. The van der Waals surface area contributed by atoms with E-state index in [1.807, 2.05) is 4.90 Å². The van der Waals surface area contributed by atoms with Crippen molar-refractivity contribution < 1.29 is 26.0 Å². The topological polar surface area (TPSA) is 40.6 Å². The van der Waals surface area contributed by atoms with Gasteiger partial charge < -0.3 is 0 Å². The van der Waals surface area contributed by atoms with Crippen LogP contribution in [0.1, 0.15) is 11.1 Å². The molecule has 0 radical (unpaired) electrons. The minimum atomic E-state index is -4.76. The van der Waals surface area contributed by atoms with Gasteiger partial charge >= 0.3 is 6.18 Å². The normalized spacial score (nSPS) is 17.0. The summed E-state index contributed by atoms with van der Waals surface area (Å²) in [4.78, 5) is 1.18. The smallest absolute Gasteiger partial charge is 0.296 e. The Morgan fingerprint density at radius 3 is 2.25 bits per heavy atom. The molecule has 1 fully saturated rings. The molecule has 0 amide bonds. The molecule has 1 aliphatic heterocycles. The number of piperazine rings is 1. The lowest BCUT2D eigenvalue weighted by molar-refractivity contribution is -0.139. The Kier molecular flexibility index (Phi) is 6.00. The zero-order valence-electron chi connectivity index (χ0n) is 14.6. The number of benzene rings is 2. The number of nitrogens with zero attached hydrogens (tertiary/aromatic N) is 2. The van der Waals surface area contributed by atoms with E-state index in [1.54, 1.807) is 6.07 Å². The summed E-state index contributed by atoms with van der Waals surface area (Å²) in [5.74, 6) is -0.451. The Morgan fingerprint density at radius 2 is 1.64 bits per heavy atom. The Bertz CT molecular complexity index is 958. The van der Waals surface area contributed by atoms with Crippen molar-refractivity contribution in [1.29, 1.82) is 0 Å². The largest absolute Gasteiger partial charge is 0.417 e. The zero-order chi connectivity index (χ0) is 20.5. The first kappa shape index (κ1) is 21.0. The summed E-state index contributed by atoms with van der Waals surface area (Å²) < 4.78 is 79.3. The van der Waals surface area contributed by atoms with E-state index in [0.29, 0.717) is 25.2 Å². The summed E-state index contributed by atoms with van der Waals surface area (Å²) >= 11 is 6.01. The molecule has 2 aromatic rings. The number of halogens is 5. The highest BCUT2D eigenvalue weighted by Crippen LogP contribution is 2.35. The molecule has 0 atom stereocenters. The lowest BCUT2D eigenvalue weighted by Crippen LogP contribution is -2.48. The van der Waals surface area contributed by atoms with Crippen LogP contribution < -0.4 is 0 Å². The number of alkyl halides is 3. The van der Waals surface area contributed by atoms with E-state index in [1.165, 1.54) is 18.2 Å². The zero-order valence-corrected chi connectivity index (χ0v) is 16.2. The summed E-state index contributed by atoms with van der Waals surface area (Å²) in [6.07, 6.45) is -4.76. The van der Waals surface area contributed by atoms with Crippen LogP contribution in [0.4, 0.5) is 17.6 Å². The summed E-state index contributed by atoms with van der Waals surface area (Å²) in [6.45, 7) is 1.13. The van der Waals surface area contributed by atoms with Crippen molar-refractivity contribution >= 4 is 21.6 Å². The second kappa shape index (κ2) is 7.98. The van der Waals surface area contributed by atoms with Crippen molar-refractivity contribution in [3.05, 3.63) is 64.4 Å². The maximum atomic E-state index is 13.2. The van der Waals surface area contributed by atoms with Crippen molar-refractivity contribution in [2.45, 2.75) is 17.6 Å². The number of sulfonamides is 1. The van der Waals surface area contributed by atoms with E-state index in [0.717, 1.165) is 22.5 Å². The molecule has 0 aliphatic carbocycles. The van der Waals surface area contributed by atoms with Gasteiger partial charge in [-0.25, -0.2) is 12.8 Å². The molecule has 10 heteroatoms. The maximum absolute atomic E-state index is 13.2. The highest BCUT2D eigenvalue weighted by Gasteiger charge is 2.39. The van der Waals surface area contributed by atoms with Crippen molar-refractivity contribution in [1.82, 2.24) is 9.21 Å². The minimum absolute atomic E-state index is 0.0489. The summed E-state index contributed by atoms with van der Waals surface area (Å²) in [6, 6.07) is 8.21. The third kappa shape index (κ3) is 4.48. The third-order valence-corrected chi connectivity index (χ3v) is 6.86. The van der Waals surface area contributed by atoms with E-state index in [4.69, 9.17) is 11.6 Å². The molecule has 0 N–H and O–H groups in total. The minimum Gasteiger partial charge on any atom is -0.296 e. The Hall–Kier alpha value is -1.68. The van der Waals surface area contributed by atoms with Crippen LogP contribution in [-0.2, 0) is 22.7 Å². The Morgan fingerprint density at radius 1 is 1.00 bits per heavy atom. The highest BCUT2D eigenvalue weighted by atomic mass is 35.5. The van der Waals surface area contributed by atoms with Gasteiger partial charge in [0.25, 0.3) is 0 Å². The first-order valence-corrected chi connectivity index (χ1v) is 10.2. The van der Waals surface area contributed by atoms with Gasteiger partial charge in [-0.05, 0) is 29.8 Å². The van der Waals surface area contributed by atoms with Gasteiger partial charge in [-0.1, -0.05) is 29.8 Å². The van der Waals surface area contributed by atoms with Crippen LogP contribution in [0.5, 0.6) is 0 Å². The van der Waals surface area contributed by atoms with Crippen LogP contribution in [0.2, 0.25) is 5.02 Å². The molecule has 4 nitrogen and oxygen atoms in total. The summed E-state index contributed by atoms with van der Waals surface area (Å²) in [7, 11) is -4.27. The molecule has 0 aromatic heterocycles. The van der Waals surface area contributed by atoms with Crippen LogP contribution in [-0.4, -0.2) is 43.8 Å². The number of hydrogen-bond donors (Lipinski definition) is 0. The molecule has 2 aromatic carbocycles. The van der Waals surface area contributed by atoms with Gasteiger partial charge in [-0.2, -0.15) is 17.5 Å². The van der Waals surface area contributed by atoms with Crippen LogP contribution in [0.15, 0.2) is 47.4 Å². The van der Waals surface area contributed by atoms with Crippen molar-refractivity contribution in [3.8, 4) is 0 Å². The van der Waals surface area contributed by atoms with Crippen LogP contribution >= 0.6 is 11.6 Å². The standard InChI is InChI=1S/C18H17ClF4N2O2S/c19-16-11-14(20)6-5-13(16)12-24-7-9-25(10-8-24)28(26,27)17-4-2-1-3-15(17)18(21,22)23/h1-6,11H,7-10,12H2. The van der Waals surface area contributed by atoms with Gasteiger partial charge in [0, 0.05) is 37.7 Å². The monoisotopic (exact) mass is 436 g/mol. The third-order valence-electron chi connectivity index (χ3n) is 4.55. The second-order valence-corrected chi connectivity index (χ2v) is 8.72. The van der Waals surface area contributed by atoms with Crippen molar-refractivity contribution in [3.63, 3.8) is 0 Å². The lowest BCUT2D eigenvalue weighted by Gasteiger charge is -2.34. The molecule has 152 valence electrons. The van der Waals surface area contributed by atoms with Crippen LogP contribution in [0, 0.1) is 5.82 Å². The number of rotatable bonds is 4. The fourth-order valence-corrected chi connectivity index (χ4v) is 4.95. The highest BCUT2D eigenvalue weighted by molar-refractivity contribution is 7.89. The van der Waals surface area contributed by atoms with Gasteiger partial charge in [-0.15, -0.1) is 0 Å². The summed E-state index contributed by atoms with van der Waals surface area (Å²) in [5.41, 5.74) is -0.475. The average Bonchev–Trinajstić information content (AvgIpc) is 2.64. The van der Waals surface area contributed by atoms with E-state index in [-0.39, 0.29) is 18.1 Å². The predicted octanol–water partition coefficient (Wildman–Crippen LogP) is 4.00. The molecule has 0 saturated carbocycles. The maximum Gasteiger partial charge on any atom is 0.417 e.